The molecule has 2 heterocycles. The monoisotopic (exact) mass is 527 g/mol. The number of alkyl halides is 3. The molecule has 1 aromatic heterocycles. The zero-order valence-electron chi connectivity index (χ0n) is 17.3. The molecule has 0 radical (unpaired) electrons. The van der Waals surface area contributed by atoms with Crippen molar-refractivity contribution < 1.29 is 22.8 Å². The van der Waals surface area contributed by atoms with Crippen molar-refractivity contribution in [3.8, 4) is 0 Å². The summed E-state index contributed by atoms with van der Waals surface area (Å²) in [7, 11) is 0. The van der Waals surface area contributed by atoms with Crippen LogP contribution in [0.5, 0.6) is 0 Å². The molecule has 0 saturated heterocycles. The predicted molar refractivity (Wildman–Crippen MR) is 125 cm³/mol. The van der Waals surface area contributed by atoms with Gasteiger partial charge in [-0.25, -0.2) is 4.98 Å². The van der Waals surface area contributed by atoms with E-state index in [4.69, 9.17) is 39.6 Å². The van der Waals surface area contributed by atoms with Gasteiger partial charge in [0.25, 0.3) is 5.91 Å². The van der Waals surface area contributed by atoms with Crippen molar-refractivity contribution in [3.63, 3.8) is 0 Å². The van der Waals surface area contributed by atoms with Gasteiger partial charge in [0, 0.05) is 33.1 Å². The normalized spacial score (nSPS) is 17.8. The maximum Gasteiger partial charge on any atom is 0.428 e. The van der Waals surface area contributed by atoms with Crippen LogP contribution in [0.2, 0.25) is 15.2 Å². The number of hydroxylamine groups is 1. The molecule has 176 valence electrons. The van der Waals surface area contributed by atoms with E-state index in [0.29, 0.717) is 16.8 Å². The molecule has 11 heteroatoms. The lowest BCUT2D eigenvalue weighted by Crippen LogP contribution is -2.42. The molecule has 34 heavy (non-hydrogen) atoms. The number of carbonyl (C=O) groups is 1. The number of rotatable bonds is 4. The Hall–Kier alpha value is -2.78. The summed E-state index contributed by atoms with van der Waals surface area (Å²) in [6.45, 7) is 1.75. The molecule has 0 spiro atoms. The Morgan fingerprint density at radius 2 is 1.76 bits per heavy atom. The summed E-state index contributed by atoms with van der Waals surface area (Å²) in [5.74, 6) is -0.452. The second kappa shape index (κ2) is 9.11. The van der Waals surface area contributed by atoms with Gasteiger partial charge in [-0.1, -0.05) is 46.9 Å². The second-order valence-corrected chi connectivity index (χ2v) is 8.77. The fraction of sp³-hybridized carbons (Fsp3) is 0.130. The first-order valence-corrected chi connectivity index (χ1v) is 10.9. The average Bonchev–Trinajstić information content (AvgIpc) is 3.22. The number of aryl methyl sites for hydroxylation is 1. The van der Waals surface area contributed by atoms with E-state index >= 15 is 0 Å². The number of pyridine rings is 1. The Morgan fingerprint density at radius 3 is 2.38 bits per heavy atom. The summed E-state index contributed by atoms with van der Waals surface area (Å²) < 4.78 is 42.7. The van der Waals surface area contributed by atoms with Gasteiger partial charge in [-0.3, -0.25) is 15.1 Å². The van der Waals surface area contributed by atoms with Crippen molar-refractivity contribution in [1.29, 1.82) is 0 Å². The van der Waals surface area contributed by atoms with Crippen LogP contribution in [-0.4, -0.2) is 17.1 Å². The van der Waals surface area contributed by atoms with E-state index in [2.05, 4.69) is 15.8 Å². The van der Waals surface area contributed by atoms with E-state index in [1.807, 2.05) is 0 Å². The van der Waals surface area contributed by atoms with Crippen LogP contribution in [0.4, 0.5) is 18.9 Å². The molecule has 1 amide bonds. The van der Waals surface area contributed by atoms with Gasteiger partial charge in [0.05, 0.1) is 11.3 Å². The van der Waals surface area contributed by atoms with Crippen LogP contribution in [0, 0.1) is 6.92 Å². The molecule has 2 aromatic carbocycles. The van der Waals surface area contributed by atoms with Crippen molar-refractivity contribution >= 4 is 52.1 Å². The van der Waals surface area contributed by atoms with E-state index in [1.165, 1.54) is 30.5 Å². The summed E-state index contributed by atoms with van der Waals surface area (Å²) in [6.07, 6.45) is -2.60. The van der Waals surface area contributed by atoms with Crippen LogP contribution >= 0.6 is 34.8 Å². The number of anilines is 1. The highest BCUT2D eigenvalue weighted by Crippen LogP contribution is 2.48. The van der Waals surface area contributed by atoms with Crippen LogP contribution in [-0.2, 0) is 10.4 Å². The molecule has 0 bridgehead atoms. The molecule has 4 rings (SSSR count). The molecule has 0 aliphatic carbocycles. The number of aromatic nitrogens is 1. The van der Waals surface area contributed by atoms with Crippen molar-refractivity contribution in [3.05, 3.63) is 98.3 Å². The first kappa shape index (κ1) is 24.3. The van der Waals surface area contributed by atoms with Gasteiger partial charge in [0.2, 0.25) is 5.60 Å². The zero-order valence-corrected chi connectivity index (χ0v) is 19.6. The SMILES string of the molecule is Cc1ccc(C2=CC(c3cc(Cl)cc(Cl)c3)(C(F)(F)F)ON2)cc1NC(=O)c1ccc(Cl)nc1. The van der Waals surface area contributed by atoms with Gasteiger partial charge in [-0.05, 0) is 55.0 Å². The molecule has 2 N–H and O–H groups in total. The number of carbonyl (C=O) groups excluding carboxylic acids is 1. The Bertz CT molecular complexity index is 1280. The van der Waals surface area contributed by atoms with Crippen LogP contribution in [0.25, 0.3) is 5.70 Å². The Balaban J connectivity index is 1.70. The number of halogens is 6. The number of nitrogens with zero attached hydrogens (tertiary/aromatic N) is 1. The minimum Gasteiger partial charge on any atom is -0.322 e. The lowest BCUT2D eigenvalue weighted by Gasteiger charge is -2.28. The Labute approximate surface area is 207 Å². The Morgan fingerprint density at radius 1 is 1.06 bits per heavy atom. The van der Waals surface area contributed by atoms with Crippen LogP contribution in [0.3, 0.4) is 0 Å². The van der Waals surface area contributed by atoms with Gasteiger partial charge >= 0.3 is 6.18 Å². The summed E-state index contributed by atoms with van der Waals surface area (Å²) in [6, 6.07) is 11.4. The highest BCUT2D eigenvalue weighted by molar-refractivity contribution is 6.34. The highest BCUT2D eigenvalue weighted by Gasteiger charge is 2.59. The number of amides is 1. The molecular weight excluding hydrogens is 514 g/mol. The average molecular weight is 529 g/mol. The minimum atomic E-state index is -4.83. The molecule has 3 aromatic rings. The standard InChI is InChI=1S/C23H15Cl3F3N3O2/c1-12-2-3-13(6-18(12)31-21(33)14-4-5-20(26)30-11-14)19-10-22(34-32-19,23(27,28)29)15-7-16(24)9-17(25)8-15/h2-11,32H,1H3,(H,31,33). The highest BCUT2D eigenvalue weighted by atomic mass is 35.5. The van der Waals surface area contributed by atoms with E-state index < -0.39 is 17.7 Å². The summed E-state index contributed by atoms with van der Waals surface area (Å²) >= 11 is 17.6. The summed E-state index contributed by atoms with van der Waals surface area (Å²) in [5.41, 5.74) is 1.03. The molecule has 1 aliphatic heterocycles. The zero-order chi connectivity index (χ0) is 24.7. The predicted octanol–water partition coefficient (Wildman–Crippen LogP) is 6.94. The second-order valence-electron chi connectivity index (χ2n) is 7.51. The summed E-state index contributed by atoms with van der Waals surface area (Å²) in [5, 5.41) is 3.04. The minimum absolute atomic E-state index is 0.0357. The van der Waals surface area contributed by atoms with Crippen LogP contribution < -0.4 is 10.8 Å². The summed E-state index contributed by atoms with van der Waals surface area (Å²) in [4.78, 5) is 21.5. The smallest absolute Gasteiger partial charge is 0.322 e. The van der Waals surface area contributed by atoms with Crippen molar-refractivity contribution in [2.75, 3.05) is 5.32 Å². The number of benzene rings is 2. The Kier molecular flexibility index (Phi) is 6.52. The van der Waals surface area contributed by atoms with Crippen molar-refractivity contribution in [2.45, 2.75) is 18.7 Å². The van der Waals surface area contributed by atoms with Gasteiger partial charge in [0.1, 0.15) is 5.15 Å². The van der Waals surface area contributed by atoms with E-state index in [1.54, 1.807) is 19.1 Å². The van der Waals surface area contributed by atoms with Gasteiger partial charge in [0.15, 0.2) is 0 Å². The number of hydrogen-bond donors (Lipinski definition) is 2. The first-order valence-electron chi connectivity index (χ1n) is 9.72. The van der Waals surface area contributed by atoms with Crippen molar-refractivity contribution in [2.24, 2.45) is 0 Å². The molecule has 1 aliphatic rings. The number of nitrogens with one attached hydrogen (secondary N) is 2. The van der Waals surface area contributed by atoms with Gasteiger partial charge in [-0.2, -0.15) is 13.2 Å². The van der Waals surface area contributed by atoms with Crippen LogP contribution in [0.15, 0.2) is 60.8 Å². The third kappa shape index (κ3) is 4.72. The fourth-order valence-electron chi connectivity index (χ4n) is 3.38. The molecule has 1 unspecified atom stereocenters. The van der Waals surface area contributed by atoms with Gasteiger partial charge < -0.3 is 5.32 Å². The van der Waals surface area contributed by atoms with Gasteiger partial charge in [-0.15, -0.1) is 0 Å². The molecule has 0 saturated carbocycles. The fourth-order valence-corrected chi connectivity index (χ4v) is 4.02. The topological polar surface area (TPSA) is 63.2 Å². The first-order chi connectivity index (χ1) is 16.0. The molecule has 5 nitrogen and oxygen atoms in total. The maximum atomic E-state index is 14.2. The maximum absolute atomic E-state index is 14.2. The van der Waals surface area contributed by atoms with E-state index in [0.717, 1.165) is 18.2 Å². The molecule has 0 fully saturated rings. The van der Waals surface area contributed by atoms with Crippen LogP contribution in [0.1, 0.15) is 27.0 Å². The van der Waals surface area contributed by atoms with Crippen molar-refractivity contribution in [1.82, 2.24) is 10.5 Å². The molecule has 1 atom stereocenters. The lowest BCUT2D eigenvalue weighted by molar-refractivity contribution is -0.269. The van der Waals surface area contributed by atoms with E-state index in [9.17, 15) is 18.0 Å². The number of hydrogen-bond acceptors (Lipinski definition) is 4. The molecular formula is C23H15Cl3F3N3O2. The third-order valence-electron chi connectivity index (χ3n) is 5.17. The lowest BCUT2D eigenvalue weighted by atomic mass is 9.91. The quantitative estimate of drug-likeness (QED) is 0.360. The van der Waals surface area contributed by atoms with E-state index in [-0.39, 0.29) is 32.0 Å². The third-order valence-corrected chi connectivity index (χ3v) is 5.83. The largest absolute Gasteiger partial charge is 0.428 e.